The van der Waals surface area contributed by atoms with Gasteiger partial charge in [0.05, 0.1) is 0 Å². The minimum absolute atomic E-state index is 0.138. The lowest BCUT2D eigenvalue weighted by Gasteiger charge is -2.29. The Labute approximate surface area is 170 Å². The van der Waals surface area contributed by atoms with E-state index in [1.54, 1.807) is 0 Å². The summed E-state index contributed by atoms with van der Waals surface area (Å²) < 4.78 is 0. The van der Waals surface area contributed by atoms with Crippen molar-refractivity contribution in [2.24, 2.45) is 0 Å². The molecule has 3 amide bonds. The van der Waals surface area contributed by atoms with Crippen molar-refractivity contribution < 1.29 is 9.59 Å². The van der Waals surface area contributed by atoms with Crippen LogP contribution in [0.15, 0.2) is 60.7 Å². The second-order valence-electron chi connectivity index (χ2n) is 7.29. The van der Waals surface area contributed by atoms with Gasteiger partial charge in [0.1, 0.15) is 0 Å². The number of hydrogen-bond acceptors (Lipinski definition) is 2. The number of aryl methyl sites for hydroxylation is 1. The molecule has 0 radical (unpaired) electrons. The standard InChI is InChI=1S/C24H25N3O2/c1-2-23(28)27-14-6-10-18-15-20(12-13-22(18)27)26-24(29)25-16-19-9-5-8-17-7-3-4-11-21(17)19/h3-5,7-9,11-13,15H,2,6,10,14,16H2,1H3,(H2,25,26,29). The molecule has 0 unspecified atom stereocenters. The summed E-state index contributed by atoms with van der Waals surface area (Å²) >= 11 is 0. The molecule has 1 aliphatic rings. The number of carbonyl (C=O) groups excluding carboxylic acids is 2. The molecule has 0 bridgehead atoms. The lowest BCUT2D eigenvalue weighted by Crippen LogP contribution is -2.35. The Bertz CT molecular complexity index is 1060. The smallest absolute Gasteiger partial charge is 0.319 e. The predicted octanol–water partition coefficient (Wildman–Crippen LogP) is 4.85. The van der Waals surface area contributed by atoms with Crippen LogP contribution >= 0.6 is 0 Å². The normalized spacial score (nSPS) is 13.1. The summed E-state index contributed by atoms with van der Waals surface area (Å²) in [4.78, 5) is 26.4. The number of benzene rings is 3. The maximum atomic E-state index is 12.4. The SMILES string of the molecule is CCC(=O)N1CCCc2cc(NC(=O)NCc3cccc4ccccc34)ccc21. The van der Waals surface area contributed by atoms with Crippen molar-refractivity contribution in [3.63, 3.8) is 0 Å². The first-order chi connectivity index (χ1) is 14.2. The van der Waals surface area contributed by atoms with Gasteiger partial charge in [-0.3, -0.25) is 4.79 Å². The number of nitrogens with zero attached hydrogens (tertiary/aromatic N) is 1. The number of carbonyl (C=O) groups is 2. The average molecular weight is 387 g/mol. The molecule has 0 saturated carbocycles. The largest absolute Gasteiger partial charge is 0.334 e. The third-order valence-electron chi connectivity index (χ3n) is 5.38. The second kappa shape index (κ2) is 8.35. The quantitative estimate of drug-likeness (QED) is 0.672. The summed E-state index contributed by atoms with van der Waals surface area (Å²) in [5, 5.41) is 8.16. The minimum Gasteiger partial charge on any atom is -0.334 e. The van der Waals surface area contributed by atoms with Gasteiger partial charge in [-0.15, -0.1) is 0 Å². The molecule has 5 nitrogen and oxygen atoms in total. The van der Waals surface area contributed by atoms with Gasteiger partial charge in [0, 0.05) is 30.9 Å². The maximum Gasteiger partial charge on any atom is 0.319 e. The Morgan fingerprint density at radius 3 is 2.72 bits per heavy atom. The van der Waals surface area contributed by atoms with E-state index in [2.05, 4.69) is 28.8 Å². The summed E-state index contributed by atoms with van der Waals surface area (Å²) in [7, 11) is 0. The summed E-state index contributed by atoms with van der Waals surface area (Å²) in [5.74, 6) is 0.138. The van der Waals surface area contributed by atoms with Crippen LogP contribution in [-0.2, 0) is 17.8 Å². The number of hydrogen-bond donors (Lipinski definition) is 2. The van der Waals surface area contributed by atoms with Gasteiger partial charge in [0.2, 0.25) is 5.91 Å². The highest BCUT2D eigenvalue weighted by Crippen LogP contribution is 2.30. The summed E-state index contributed by atoms with van der Waals surface area (Å²) in [6.07, 6.45) is 2.35. The molecular formula is C24H25N3O2. The number of nitrogens with one attached hydrogen (secondary N) is 2. The fraction of sp³-hybridized carbons (Fsp3) is 0.250. The number of fused-ring (bicyclic) bond motifs is 2. The number of urea groups is 1. The Morgan fingerprint density at radius 2 is 1.86 bits per heavy atom. The number of anilines is 2. The molecule has 3 aromatic carbocycles. The van der Waals surface area contributed by atoms with E-state index in [-0.39, 0.29) is 11.9 Å². The summed E-state index contributed by atoms with van der Waals surface area (Å²) in [6, 6.07) is 19.8. The van der Waals surface area contributed by atoms with E-state index in [0.29, 0.717) is 13.0 Å². The lowest BCUT2D eigenvalue weighted by atomic mass is 10.0. The van der Waals surface area contributed by atoms with Crippen molar-refractivity contribution in [2.45, 2.75) is 32.7 Å². The van der Waals surface area contributed by atoms with Crippen LogP contribution in [0, 0.1) is 0 Å². The Kier molecular flexibility index (Phi) is 5.47. The van der Waals surface area contributed by atoms with Gasteiger partial charge in [0.15, 0.2) is 0 Å². The summed E-state index contributed by atoms with van der Waals surface area (Å²) in [6.45, 7) is 3.10. The molecule has 0 saturated heterocycles. The first-order valence-corrected chi connectivity index (χ1v) is 10.1. The van der Waals surface area contributed by atoms with E-state index in [4.69, 9.17) is 0 Å². The Morgan fingerprint density at radius 1 is 1.03 bits per heavy atom. The van der Waals surface area contributed by atoms with E-state index in [1.807, 2.05) is 54.3 Å². The van der Waals surface area contributed by atoms with E-state index in [0.717, 1.165) is 52.7 Å². The molecule has 148 valence electrons. The van der Waals surface area contributed by atoms with Crippen LogP contribution in [0.2, 0.25) is 0 Å². The van der Waals surface area contributed by atoms with Crippen molar-refractivity contribution in [1.82, 2.24) is 5.32 Å². The van der Waals surface area contributed by atoms with Crippen LogP contribution in [0.5, 0.6) is 0 Å². The van der Waals surface area contributed by atoms with Gasteiger partial charge in [-0.1, -0.05) is 49.4 Å². The predicted molar refractivity (Wildman–Crippen MR) is 117 cm³/mol. The first kappa shape index (κ1) is 19.0. The fourth-order valence-electron chi connectivity index (χ4n) is 3.92. The highest BCUT2D eigenvalue weighted by molar-refractivity contribution is 5.95. The second-order valence-corrected chi connectivity index (χ2v) is 7.29. The van der Waals surface area contributed by atoms with E-state index < -0.39 is 0 Å². The fourth-order valence-corrected chi connectivity index (χ4v) is 3.92. The zero-order chi connectivity index (χ0) is 20.2. The van der Waals surface area contributed by atoms with E-state index >= 15 is 0 Å². The zero-order valence-electron chi connectivity index (χ0n) is 16.6. The monoisotopic (exact) mass is 387 g/mol. The van der Waals surface area contributed by atoms with Crippen molar-refractivity contribution in [3.8, 4) is 0 Å². The van der Waals surface area contributed by atoms with Crippen molar-refractivity contribution in [3.05, 3.63) is 71.8 Å². The third kappa shape index (κ3) is 4.09. The molecule has 0 spiro atoms. The van der Waals surface area contributed by atoms with Gasteiger partial charge in [-0.2, -0.15) is 0 Å². The molecule has 1 heterocycles. The van der Waals surface area contributed by atoms with Crippen LogP contribution in [-0.4, -0.2) is 18.5 Å². The molecule has 4 rings (SSSR count). The van der Waals surface area contributed by atoms with Crippen molar-refractivity contribution in [2.75, 3.05) is 16.8 Å². The van der Waals surface area contributed by atoms with Crippen LogP contribution in [0.25, 0.3) is 10.8 Å². The molecule has 2 N–H and O–H groups in total. The average Bonchev–Trinajstić information content (AvgIpc) is 2.76. The van der Waals surface area contributed by atoms with E-state index in [9.17, 15) is 9.59 Å². The van der Waals surface area contributed by atoms with E-state index in [1.165, 1.54) is 0 Å². The first-order valence-electron chi connectivity index (χ1n) is 10.1. The highest BCUT2D eigenvalue weighted by atomic mass is 16.2. The molecule has 1 aliphatic heterocycles. The summed E-state index contributed by atoms with van der Waals surface area (Å²) in [5.41, 5.74) is 3.89. The maximum absolute atomic E-state index is 12.4. The van der Waals surface area contributed by atoms with Crippen LogP contribution in [0.4, 0.5) is 16.2 Å². The number of rotatable bonds is 4. The highest BCUT2D eigenvalue weighted by Gasteiger charge is 2.21. The molecule has 0 fully saturated rings. The Balaban J connectivity index is 1.43. The molecule has 0 atom stereocenters. The molecule has 0 aromatic heterocycles. The third-order valence-corrected chi connectivity index (χ3v) is 5.38. The Hall–Kier alpha value is -3.34. The number of amides is 3. The minimum atomic E-state index is -0.241. The molecule has 3 aromatic rings. The van der Waals surface area contributed by atoms with Crippen LogP contribution in [0.3, 0.4) is 0 Å². The molecule has 0 aliphatic carbocycles. The molecular weight excluding hydrogens is 362 g/mol. The van der Waals surface area contributed by atoms with Crippen LogP contribution < -0.4 is 15.5 Å². The topological polar surface area (TPSA) is 61.4 Å². The van der Waals surface area contributed by atoms with Gasteiger partial charge in [-0.25, -0.2) is 4.79 Å². The van der Waals surface area contributed by atoms with Crippen LogP contribution in [0.1, 0.15) is 30.9 Å². The van der Waals surface area contributed by atoms with Gasteiger partial charge >= 0.3 is 6.03 Å². The zero-order valence-corrected chi connectivity index (χ0v) is 16.6. The van der Waals surface area contributed by atoms with Gasteiger partial charge in [0.25, 0.3) is 0 Å². The molecule has 5 heteroatoms. The van der Waals surface area contributed by atoms with Gasteiger partial charge < -0.3 is 15.5 Å². The lowest BCUT2D eigenvalue weighted by molar-refractivity contribution is -0.118. The van der Waals surface area contributed by atoms with Gasteiger partial charge in [-0.05, 0) is 52.9 Å². The van der Waals surface area contributed by atoms with Crippen molar-refractivity contribution in [1.29, 1.82) is 0 Å². The van der Waals surface area contributed by atoms with Crippen molar-refractivity contribution >= 4 is 34.1 Å². The molecule has 29 heavy (non-hydrogen) atoms.